The van der Waals surface area contributed by atoms with Gasteiger partial charge in [-0.15, -0.1) is 0 Å². The van der Waals surface area contributed by atoms with Gasteiger partial charge in [0.1, 0.15) is 5.69 Å². The molecule has 2 N–H and O–H groups in total. The van der Waals surface area contributed by atoms with Crippen molar-refractivity contribution in [1.29, 1.82) is 0 Å². The summed E-state index contributed by atoms with van der Waals surface area (Å²) in [7, 11) is 1.98. The summed E-state index contributed by atoms with van der Waals surface area (Å²) in [6.07, 6.45) is 4.25. The molecule has 0 amide bonds. The predicted molar refractivity (Wildman–Crippen MR) is 78.0 cm³/mol. The molecular formula is C13H23N5O2. The molecule has 0 atom stereocenters. The van der Waals surface area contributed by atoms with Crippen molar-refractivity contribution in [2.24, 2.45) is 0 Å². The minimum absolute atomic E-state index is 0.114. The molecule has 0 unspecified atom stereocenters. The Labute approximate surface area is 118 Å². The lowest BCUT2D eigenvalue weighted by atomic mass is 9.91. The minimum atomic E-state index is -0.337. The van der Waals surface area contributed by atoms with Gasteiger partial charge in [-0.1, -0.05) is 0 Å². The van der Waals surface area contributed by atoms with Gasteiger partial charge in [-0.25, -0.2) is 4.68 Å². The molecule has 1 aromatic rings. The zero-order chi connectivity index (χ0) is 14.7. The van der Waals surface area contributed by atoms with Crippen LogP contribution in [-0.2, 0) is 6.54 Å². The molecule has 1 aliphatic rings. The molecule has 20 heavy (non-hydrogen) atoms. The van der Waals surface area contributed by atoms with Crippen molar-refractivity contribution in [3.63, 3.8) is 0 Å². The van der Waals surface area contributed by atoms with Gasteiger partial charge < -0.3 is 10.6 Å². The van der Waals surface area contributed by atoms with Crippen LogP contribution in [0, 0.1) is 17.0 Å². The molecule has 0 spiro atoms. The molecule has 7 nitrogen and oxygen atoms in total. The first kappa shape index (κ1) is 14.8. The Morgan fingerprint density at radius 2 is 1.95 bits per heavy atom. The lowest BCUT2D eigenvalue weighted by molar-refractivity contribution is -0.384. The van der Waals surface area contributed by atoms with E-state index in [0.717, 1.165) is 25.7 Å². The summed E-state index contributed by atoms with van der Waals surface area (Å²) in [5.41, 5.74) is 0.589. The van der Waals surface area contributed by atoms with Gasteiger partial charge in [0.25, 0.3) is 0 Å². The van der Waals surface area contributed by atoms with E-state index in [1.165, 1.54) is 0 Å². The van der Waals surface area contributed by atoms with Gasteiger partial charge >= 0.3 is 5.69 Å². The number of aryl methyl sites for hydroxylation is 2. The molecule has 0 saturated heterocycles. The third kappa shape index (κ3) is 2.92. The highest BCUT2D eigenvalue weighted by Gasteiger charge is 2.28. The second-order valence-electron chi connectivity index (χ2n) is 5.34. The molecule has 2 rings (SSSR count). The molecule has 0 radical (unpaired) electrons. The lowest BCUT2D eigenvalue weighted by Gasteiger charge is -2.29. The topological polar surface area (TPSA) is 85.0 Å². The number of hydrogen-bond donors (Lipinski definition) is 2. The van der Waals surface area contributed by atoms with Crippen molar-refractivity contribution in [3.05, 3.63) is 15.8 Å². The fourth-order valence-electron chi connectivity index (χ4n) is 2.88. The summed E-state index contributed by atoms with van der Waals surface area (Å²) < 4.78 is 1.69. The fourth-order valence-corrected chi connectivity index (χ4v) is 2.88. The molecule has 0 aliphatic heterocycles. The molecular weight excluding hydrogens is 258 g/mol. The molecule has 1 saturated carbocycles. The maximum absolute atomic E-state index is 11.2. The normalized spacial score (nSPS) is 22.8. The average Bonchev–Trinajstić information content (AvgIpc) is 2.75. The lowest BCUT2D eigenvalue weighted by Crippen LogP contribution is -2.35. The monoisotopic (exact) mass is 281 g/mol. The third-order valence-corrected chi connectivity index (χ3v) is 4.05. The molecule has 1 aliphatic carbocycles. The van der Waals surface area contributed by atoms with Crippen LogP contribution in [0.4, 0.5) is 11.5 Å². The summed E-state index contributed by atoms with van der Waals surface area (Å²) in [5, 5.41) is 22.1. The molecule has 0 aromatic carbocycles. The Morgan fingerprint density at radius 3 is 2.45 bits per heavy atom. The van der Waals surface area contributed by atoms with Crippen LogP contribution in [0.1, 0.15) is 38.3 Å². The van der Waals surface area contributed by atoms with E-state index >= 15 is 0 Å². The second-order valence-corrected chi connectivity index (χ2v) is 5.34. The van der Waals surface area contributed by atoms with Gasteiger partial charge in [0, 0.05) is 18.6 Å². The van der Waals surface area contributed by atoms with Crippen molar-refractivity contribution >= 4 is 11.5 Å². The van der Waals surface area contributed by atoms with Gasteiger partial charge in [-0.2, -0.15) is 5.10 Å². The van der Waals surface area contributed by atoms with Crippen molar-refractivity contribution in [3.8, 4) is 0 Å². The van der Waals surface area contributed by atoms with E-state index < -0.39 is 0 Å². The first-order chi connectivity index (χ1) is 9.56. The summed E-state index contributed by atoms with van der Waals surface area (Å²) in [6.45, 7) is 4.26. The quantitative estimate of drug-likeness (QED) is 0.637. The highest BCUT2D eigenvalue weighted by molar-refractivity contribution is 5.60. The van der Waals surface area contributed by atoms with Gasteiger partial charge in [-0.3, -0.25) is 10.1 Å². The van der Waals surface area contributed by atoms with Crippen LogP contribution < -0.4 is 10.6 Å². The van der Waals surface area contributed by atoms with Crippen LogP contribution in [0.3, 0.4) is 0 Å². The van der Waals surface area contributed by atoms with E-state index in [9.17, 15) is 10.1 Å². The van der Waals surface area contributed by atoms with Crippen LogP contribution in [0.15, 0.2) is 0 Å². The van der Waals surface area contributed by atoms with Crippen molar-refractivity contribution < 1.29 is 4.92 Å². The number of nitrogens with one attached hydrogen (secondary N) is 2. The van der Waals surface area contributed by atoms with Gasteiger partial charge in [0.15, 0.2) is 0 Å². The Kier molecular flexibility index (Phi) is 4.59. The predicted octanol–water partition coefficient (Wildman–Crippen LogP) is 2.06. The van der Waals surface area contributed by atoms with E-state index in [0.29, 0.717) is 30.1 Å². The first-order valence-electron chi connectivity index (χ1n) is 7.22. The summed E-state index contributed by atoms with van der Waals surface area (Å²) in [5.74, 6) is 0.558. The van der Waals surface area contributed by atoms with E-state index in [2.05, 4.69) is 15.7 Å². The zero-order valence-electron chi connectivity index (χ0n) is 12.3. The Morgan fingerprint density at radius 1 is 1.35 bits per heavy atom. The molecule has 0 bridgehead atoms. The van der Waals surface area contributed by atoms with Crippen LogP contribution in [0.2, 0.25) is 0 Å². The van der Waals surface area contributed by atoms with E-state index in [4.69, 9.17) is 0 Å². The molecule has 7 heteroatoms. The fraction of sp³-hybridized carbons (Fsp3) is 0.769. The first-order valence-corrected chi connectivity index (χ1v) is 7.22. The zero-order valence-corrected chi connectivity index (χ0v) is 12.3. The van der Waals surface area contributed by atoms with Gasteiger partial charge in [0.05, 0.1) is 4.92 Å². The Bertz CT molecular complexity index is 477. The Balaban J connectivity index is 2.14. The van der Waals surface area contributed by atoms with Crippen LogP contribution in [-0.4, -0.2) is 33.8 Å². The number of rotatable bonds is 5. The van der Waals surface area contributed by atoms with E-state index in [1.54, 1.807) is 11.6 Å². The smallest absolute Gasteiger partial charge is 0.333 e. The number of aromatic nitrogens is 2. The highest BCUT2D eigenvalue weighted by atomic mass is 16.6. The number of nitrogens with zero attached hydrogens (tertiary/aromatic N) is 3. The van der Waals surface area contributed by atoms with E-state index in [1.807, 2.05) is 14.0 Å². The number of anilines is 1. The maximum atomic E-state index is 11.2. The Hall–Kier alpha value is -1.63. The average molecular weight is 281 g/mol. The van der Waals surface area contributed by atoms with Crippen molar-refractivity contribution in [2.75, 3.05) is 12.4 Å². The van der Waals surface area contributed by atoms with Crippen molar-refractivity contribution in [1.82, 2.24) is 15.1 Å². The largest absolute Gasteiger partial charge is 0.362 e. The van der Waals surface area contributed by atoms with Crippen molar-refractivity contribution in [2.45, 2.75) is 58.2 Å². The van der Waals surface area contributed by atoms with Gasteiger partial charge in [0.2, 0.25) is 5.82 Å². The summed E-state index contributed by atoms with van der Waals surface area (Å²) >= 11 is 0. The third-order valence-electron chi connectivity index (χ3n) is 4.05. The SMILES string of the molecule is CCn1nc(C)c([N+](=O)[O-])c1NC1CCC(NC)CC1. The number of hydrogen-bond acceptors (Lipinski definition) is 5. The minimum Gasteiger partial charge on any atom is -0.362 e. The maximum Gasteiger partial charge on any atom is 0.333 e. The molecule has 1 heterocycles. The molecule has 1 fully saturated rings. The summed E-state index contributed by atoms with van der Waals surface area (Å²) in [4.78, 5) is 10.9. The van der Waals surface area contributed by atoms with Crippen LogP contribution in [0.25, 0.3) is 0 Å². The van der Waals surface area contributed by atoms with Crippen LogP contribution >= 0.6 is 0 Å². The van der Waals surface area contributed by atoms with E-state index in [-0.39, 0.29) is 10.6 Å². The van der Waals surface area contributed by atoms with Crippen LogP contribution in [0.5, 0.6) is 0 Å². The van der Waals surface area contributed by atoms with Gasteiger partial charge in [-0.05, 0) is 46.6 Å². The number of nitro groups is 1. The standard InChI is InChI=1S/C13H23N5O2/c1-4-17-13(12(18(19)20)9(2)16-17)15-11-7-5-10(14-3)6-8-11/h10-11,14-15H,4-8H2,1-3H3. The summed E-state index contributed by atoms with van der Waals surface area (Å²) in [6, 6.07) is 0.862. The highest BCUT2D eigenvalue weighted by Crippen LogP contribution is 2.31. The second kappa shape index (κ2) is 6.21. The molecule has 1 aromatic heterocycles. The molecule has 112 valence electrons.